The number of carbonyl (C=O) groups is 1. The van der Waals surface area contributed by atoms with E-state index in [0.717, 1.165) is 5.56 Å². The van der Waals surface area contributed by atoms with Crippen LogP contribution in [0.4, 0.5) is 5.69 Å². The summed E-state index contributed by atoms with van der Waals surface area (Å²) < 4.78 is 32.6. The average molecular weight is 334 g/mol. The molecule has 2 aromatic carbocycles. The summed E-state index contributed by atoms with van der Waals surface area (Å²) in [4.78, 5) is 11.6. The molecule has 2 aromatic rings. The lowest BCUT2D eigenvalue weighted by molar-refractivity contribution is 0.0963. The SMILES string of the molecule is CNC(=O)c1ccc(S(=O)(=O)Nc2cc(C)ccc2OC)cc1. The van der Waals surface area contributed by atoms with E-state index in [0.29, 0.717) is 17.0 Å². The Labute approximate surface area is 135 Å². The minimum absolute atomic E-state index is 0.0636. The highest BCUT2D eigenvalue weighted by Crippen LogP contribution is 2.27. The molecule has 2 rings (SSSR count). The molecule has 0 saturated carbocycles. The zero-order chi connectivity index (χ0) is 17.0. The molecule has 0 atom stereocenters. The number of nitrogens with one attached hydrogen (secondary N) is 2. The minimum Gasteiger partial charge on any atom is -0.495 e. The van der Waals surface area contributed by atoms with Crippen molar-refractivity contribution in [3.05, 3.63) is 53.6 Å². The van der Waals surface area contributed by atoms with E-state index in [4.69, 9.17) is 4.74 Å². The Morgan fingerprint density at radius 1 is 1.09 bits per heavy atom. The van der Waals surface area contributed by atoms with Crippen molar-refractivity contribution in [1.29, 1.82) is 0 Å². The topological polar surface area (TPSA) is 84.5 Å². The number of carbonyl (C=O) groups excluding carboxylic acids is 1. The highest BCUT2D eigenvalue weighted by Gasteiger charge is 2.17. The fourth-order valence-electron chi connectivity index (χ4n) is 2.04. The number of ether oxygens (including phenoxy) is 1. The Kier molecular flexibility index (Phi) is 4.90. The molecule has 0 bridgehead atoms. The summed E-state index contributed by atoms with van der Waals surface area (Å²) >= 11 is 0. The fraction of sp³-hybridized carbons (Fsp3) is 0.188. The normalized spacial score (nSPS) is 10.9. The summed E-state index contributed by atoms with van der Waals surface area (Å²) in [5, 5.41) is 2.48. The van der Waals surface area contributed by atoms with Gasteiger partial charge in [-0.3, -0.25) is 9.52 Å². The van der Waals surface area contributed by atoms with Gasteiger partial charge in [0.25, 0.3) is 15.9 Å². The van der Waals surface area contributed by atoms with Crippen molar-refractivity contribution < 1.29 is 17.9 Å². The van der Waals surface area contributed by atoms with Gasteiger partial charge >= 0.3 is 0 Å². The van der Waals surface area contributed by atoms with Crippen LogP contribution >= 0.6 is 0 Å². The van der Waals surface area contributed by atoms with Gasteiger partial charge in [0.1, 0.15) is 5.75 Å². The van der Waals surface area contributed by atoms with Gasteiger partial charge in [0.05, 0.1) is 17.7 Å². The summed E-state index contributed by atoms with van der Waals surface area (Å²) in [6.45, 7) is 1.86. The third-order valence-electron chi connectivity index (χ3n) is 3.25. The molecular formula is C16H18N2O4S. The lowest BCUT2D eigenvalue weighted by Gasteiger charge is -2.13. The number of hydrogen-bond donors (Lipinski definition) is 2. The molecule has 23 heavy (non-hydrogen) atoms. The molecule has 0 heterocycles. The van der Waals surface area contributed by atoms with E-state index in [9.17, 15) is 13.2 Å². The van der Waals surface area contributed by atoms with Crippen LogP contribution in [0.1, 0.15) is 15.9 Å². The second-order valence-electron chi connectivity index (χ2n) is 4.91. The Bertz CT molecular complexity index is 814. The second kappa shape index (κ2) is 6.70. The first-order valence-corrected chi connectivity index (χ1v) is 8.35. The number of amides is 1. The Balaban J connectivity index is 2.32. The molecule has 0 radical (unpaired) electrons. The number of anilines is 1. The molecule has 0 aromatic heterocycles. The number of aryl methyl sites for hydroxylation is 1. The first kappa shape index (κ1) is 16.8. The van der Waals surface area contributed by atoms with Gasteiger partial charge in [0.2, 0.25) is 0 Å². The van der Waals surface area contributed by atoms with Crippen molar-refractivity contribution in [2.75, 3.05) is 18.9 Å². The van der Waals surface area contributed by atoms with Crippen LogP contribution in [0, 0.1) is 6.92 Å². The number of methoxy groups -OCH3 is 1. The van der Waals surface area contributed by atoms with Crippen LogP contribution < -0.4 is 14.8 Å². The number of hydrogen-bond acceptors (Lipinski definition) is 4. The van der Waals surface area contributed by atoms with Crippen LogP contribution in [0.3, 0.4) is 0 Å². The van der Waals surface area contributed by atoms with Gasteiger partial charge in [0.15, 0.2) is 0 Å². The van der Waals surface area contributed by atoms with E-state index >= 15 is 0 Å². The maximum absolute atomic E-state index is 12.5. The van der Waals surface area contributed by atoms with Crippen LogP contribution in [0.15, 0.2) is 47.4 Å². The summed E-state index contributed by atoms with van der Waals surface area (Å²) in [6, 6.07) is 10.9. The predicted molar refractivity (Wildman–Crippen MR) is 88.4 cm³/mol. The minimum atomic E-state index is -3.77. The average Bonchev–Trinajstić information content (AvgIpc) is 2.54. The molecule has 0 aliphatic rings. The zero-order valence-corrected chi connectivity index (χ0v) is 13.9. The van der Waals surface area contributed by atoms with E-state index in [1.807, 2.05) is 13.0 Å². The maximum Gasteiger partial charge on any atom is 0.262 e. The van der Waals surface area contributed by atoms with Crippen molar-refractivity contribution >= 4 is 21.6 Å². The maximum atomic E-state index is 12.5. The van der Waals surface area contributed by atoms with Crippen LogP contribution in [-0.2, 0) is 10.0 Å². The molecule has 7 heteroatoms. The first-order valence-electron chi connectivity index (χ1n) is 6.87. The van der Waals surface area contributed by atoms with E-state index in [-0.39, 0.29) is 10.8 Å². The highest BCUT2D eigenvalue weighted by molar-refractivity contribution is 7.92. The molecule has 0 aliphatic heterocycles. The van der Waals surface area contributed by atoms with Gasteiger partial charge < -0.3 is 10.1 Å². The molecule has 0 fully saturated rings. The molecule has 122 valence electrons. The second-order valence-corrected chi connectivity index (χ2v) is 6.60. The summed E-state index contributed by atoms with van der Waals surface area (Å²) in [7, 11) is -0.788. The molecule has 6 nitrogen and oxygen atoms in total. The smallest absolute Gasteiger partial charge is 0.262 e. The number of benzene rings is 2. The summed E-state index contributed by atoms with van der Waals surface area (Å²) in [6.07, 6.45) is 0. The van der Waals surface area contributed by atoms with Gasteiger partial charge in [-0.2, -0.15) is 0 Å². The summed E-state index contributed by atoms with van der Waals surface area (Å²) in [5.74, 6) is 0.156. The summed E-state index contributed by atoms with van der Waals surface area (Å²) in [5.41, 5.74) is 1.65. The molecule has 2 N–H and O–H groups in total. The largest absolute Gasteiger partial charge is 0.495 e. The van der Waals surface area contributed by atoms with E-state index in [2.05, 4.69) is 10.0 Å². The van der Waals surface area contributed by atoms with Crippen molar-refractivity contribution in [2.24, 2.45) is 0 Å². The van der Waals surface area contributed by atoms with Gasteiger partial charge in [-0.1, -0.05) is 6.07 Å². The van der Waals surface area contributed by atoms with Crippen molar-refractivity contribution in [3.63, 3.8) is 0 Å². The molecule has 1 amide bonds. The molecule has 0 aliphatic carbocycles. The van der Waals surface area contributed by atoms with Crippen LogP contribution in [-0.4, -0.2) is 28.5 Å². The van der Waals surface area contributed by atoms with Gasteiger partial charge in [-0.25, -0.2) is 8.42 Å². The predicted octanol–water partition coefficient (Wildman–Crippen LogP) is 2.16. The molecular weight excluding hydrogens is 316 g/mol. The lowest BCUT2D eigenvalue weighted by Crippen LogP contribution is -2.18. The van der Waals surface area contributed by atoms with Crippen molar-refractivity contribution in [1.82, 2.24) is 5.32 Å². The first-order chi connectivity index (χ1) is 10.9. The highest BCUT2D eigenvalue weighted by atomic mass is 32.2. The number of sulfonamides is 1. The lowest BCUT2D eigenvalue weighted by atomic mass is 10.2. The fourth-order valence-corrected chi connectivity index (χ4v) is 3.10. The molecule has 0 spiro atoms. The standard InChI is InChI=1S/C16H18N2O4S/c1-11-4-9-15(22-3)14(10-11)18-23(20,21)13-7-5-12(6-8-13)16(19)17-2/h4-10,18H,1-3H3,(H,17,19). The third kappa shape index (κ3) is 3.81. The van der Waals surface area contributed by atoms with Crippen molar-refractivity contribution in [2.45, 2.75) is 11.8 Å². The Morgan fingerprint density at radius 2 is 1.74 bits per heavy atom. The van der Waals surface area contributed by atoms with Crippen LogP contribution in [0.2, 0.25) is 0 Å². The van der Waals surface area contributed by atoms with Gasteiger partial charge in [-0.15, -0.1) is 0 Å². The van der Waals surface area contributed by atoms with Crippen LogP contribution in [0.25, 0.3) is 0 Å². The zero-order valence-electron chi connectivity index (χ0n) is 13.1. The van der Waals surface area contributed by atoms with Gasteiger partial charge in [-0.05, 0) is 48.9 Å². The van der Waals surface area contributed by atoms with Crippen molar-refractivity contribution in [3.8, 4) is 5.75 Å². The van der Waals surface area contributed by atoms with E-state index in [1.165, 1.54) is 38.4 Å². The Hall–Kier alpha value is -2.54. The van der Waals surface area contributed by atoms with E-state index in [1.54, 1.807) is 12.1 Å². The molecule has 0 unspecified atom stereocenters. The Morgan fingerprint density at radius 3 is 2.30 bits per heavy atom. The number of rotatable bonds is 5. The van der Waals surface area contributed by atoms with Crippen LogP contribution in [0.5, 0.6) is 5.75 Å². The quantitative estimate of drug-likeness (QED) is 0.877. The third-order valence-corrected chi connectivity index (χ3v) is 4.63. The van der Waals surface area contributed by atoms with E-state index < -0.39 is 10.0 Å². The monoisotopic (exact) mass is 334 g/mol. The molecule has 0 saturated heterocycles. The van der Waals surface area contributed by atoms with Gasteiger partial charge in [0, 0.05) is 12.6 Å².